The number of fused-ring (bicyclic) bond motifs is 1. The van der Waals surface area contributed by atoms with Crippen LogP contribution in [0.15, 0.2) is 48.8 Å². The molecular formula is C19H18N7O3+. The Morgan fingerprint density at radius 2 is 1.86 bits per heavy atom. The molecule has 3 aromatic rings. The molecule has 2 N–H and O–H groups in total. The van der Waals surface area contributed by atoms with Crippen molar-refractivity contribution in [3.8, 4) is 11.3 Å². The van der Waals surface area contributed by atoms with Crippen molar-refractivity contribution in [3.63, 3.8) is 0 Å². The Morgan fingerprint density at radius 3 is 2.55 bits per heavy atom. The van der Waals surface area contributed by atoms with E-state index in [9.17, 15) is 14.4 Å². The van der Waals surface area contributed by atoms with Crippen molar-refractivity contribution in [2.45, 2.75) is 6.54 Å². The lowest BCUT2D eigenvalue weighted by Gasteiger charge is -2.23. The maximum atomic E-state index is 12.4. The number of carbonyl (C=O) groups excluding carboxylic acids is 3. The Kier molecular flexibility index (Phi) is 4.61. The highest BCUT2D eigenvalue weighted by Gasteiger charge is 2.41. The number of urea groups is 1. The highest BCUT2D eigenvalue weighted by molar-refractivity contribution is 6.06. The molecule has 1 unspecified atom stereocenters. The summed E-state index contributed by atoms with van der Waals surface area (Å²) in [5.74, 6) is -0.284. The van der Waals surface area contributed by atoms with E-state index in [0.717, 1.165) is 10.5 Å². The molecule has 2 aromatic heterocycles. The molecule has 1 aliphatic rings. The first kappa shape index (κ1) is 18.4. The van der Waals surface area contributed by atoms with Crippen LogP contribution in [0.5, 0.6) is 0 Å². The average molecular weight is 392 g/mol. The molecular weight excluding hydrogens is 374 g/mol. The monoisotopic (exact) mass is 392 g/mol. The number of amides is 4. The Balaban J connectivity index is 1.48. The van der Waals surface area contributed by atoms with Gasteiger partial charge in [-0.05, 0) is 12.1 Å². The number of hydrogen-bond acceptors (Lipinski definition) is 6. The second-order valence-electron chi connectivity index (χ2n) is 6.58. The van der Waals surface area contributed by atoms with Gasteiger partial charge in [-0.2, -0.15) is 4.98 Å². The minimum atomic E-state index is -0.493. The second-order valence-corrected chi connectivity index (χ2v) is 6.58. The molecule has 0 aliphatic carbocycles. The molecule has 146 valence electrons. The molecule has 0 radical (unpaired) electrons. The van der Waals surface area contributed by atoms with Crippen LogP contribution in [-0.2, 0) is 11.3 Å². The summed E-state index contributed by atoms with van der Waals surface area (Å²) in [6.07, 6.45) is 1.38. The maximum Gasteiger partial charge on any atom is 0.430 e. The Morgan fingerprint density at radius 1 is 1.10 bits per heavy atom. The van der Waals surface area contributed by atoms with Gasteiger partial charge in [-0.25, -0.2) is 14.6 Å². The van der Waals surface area contributed by atoms with Crippen molar-refractivity contribution in [2.75, 3.05) is 19.4 Å². The van der Waals surface area contributed by atoms with Crippen LogP contribution in [0.25, 0.3) is 11.3 Å². The molecule has 0 saturated heterocycles. The van der Waals surface area contributed by atoms with Crippen LogP contribution in [0.1, 0.15) is 10.5 Å². The zero-order chi connectivity index (χ0) is 20.5. The number of aromatic nitrogens is 4. The van der Waals surface area contributed by atoms with E-state index in [-0.39, 0.29) is 12.2 Å². The topological polar surface area (TPSA) is 115 Å². The number of quaternary nitrogens is 1. The summed E-state index contributed by atoms with van der Waals surface area (Å²) in [7, 11) is 3.00. The molecule has 0 saturated carbocycles. The molecule has 10 nitrogen and oxygen atoms in total. The van der Waals surface area contributed by atoms with Gasteiger partial charge in [0.05, 0.1) is 12.7 Å². The molecule has 4 rings (SSSR count). The third-order valence-corrected chi connectivity index (χ3v) is 4.64. The third kappa shape index (κ3) is 3.36. The zero-order valence-electron chi connectivity index (χ0n) is 15.8. The first-order valence-electron chi connectivity index (χ1n) is 8.86. The number of carbonyl (C=O) groups is 3. The average Bonchev–Trinajstić information content (AvgIpc) is 3.15. The van der Waals surface area contributed by atoms with Crippen LogP contribution in [0.3, 0.4) is 0 Å². The predicted octanol–water partition coefficient (Wildman–Crippen LogP) is 0.331. The number of imide groups is 1. The first-order chi connectivity index (χ1) is 14.0. The lowest BCUT2D eigenvalue weighted by molar-refractivity contribution is -0.725. The van der Waals surface area contributed by atoms with Gasteiger partial charge in [-0.3, -0.25) is 9.59 Å². The van der Waals surface area contributed by atoms with Gasteiger partial charge in [0.2, 0.25) is 5.91 Å². The van der Waals surface area contributed by atoms with Gasteiger partial charge in [0.25, 0.3) is 11.7 Å². The van der Waals surface area contributed by atoms with Gasteiger partial charge in [0.15, 0.2) is 11.5 Å². The number of hydrogen-bond donors (Lipinski definition) is 2. The first-order valence-corrected chi connectivity index (χ1v) is 8.86. The number of nitrogens with zero attached hydrogens (tertiary/aromatic N) is 5. The van der Waals surface area contributed by atoms with Crippen LogP contribution in [0.2, 0.25) is 0 Å². The molecule has 3 heterocycles. The van der Waals surface area contributed by atoms with Crippen molar-refractivity contribution >= 4 is 29.5 Å². The summed E-state index contributed by atoms with van der Waals surface area (Å²) >= 11 is 0. The number of imidazole rings is 1. The van der Waals surface area contributed by atoms with E-state index >= 15 is 0 Å². The van der Waals surface area contributed by atoms with Crippen molar-refractivity contribution in [3.05, 3.63) is 54.5 Å². The van der Waals surface area contributed by atoms with Gasteiger partial charge in [-0.1, -0.05) is 30.3 Å². The maximum absolute atomic E-state index is 12.4. The summed E-state index contributed by atoms with van der Waals surface area (Å²) < 4.78 is 1.42. The molecule has 1 aromatic carbocycles. The van der Waals surface area contributed by atoms with Gasteiger partial charge in [0.1, 0.15) is 12.9 Å². The van der Waals surface area contributed by atoms with Gasteiger partial charge < -0.3 is 9.88 Å². The van der Waals surface area contributed by atoms with E-state index in [1.807, 2.05) is 30.3 Å². The van der Waals surface area contributed by atoms with Crippen LogP contribution >= 0.6 is 0 Å². The number of benzene rings is 1. The van der Waals surface area contributed by atoms with Crippen LogP contribution in [0, 0.1) is 0 Å². The van der Waals surface area contributed by atoms with Gasteiger partial charge in [0, 0.05) is 12.6 Å². The van der Waals surface area contributed by atoms with Crippen molar-refractivity contribution < 1.29 is 19.3 Å². The molecule has 29 heavy (non-hydrogen) atoms. The van der Waals surface area contributed by atoms with E-state index in [4.69, 9.17) is 0 Å². The summed E-state index contributed by atoms with van der Waals surface area (Å²) in [6, 6.07) is 12.6. The Hall–Kier alpha value is -3.92. The molecule has 0 spiro atoms. The molecule has 0 bridgehead atoms. The van der Waals surface area contributed by atoms with Crippen LogP contribution in [0.4, 0.5) is 16.4 Å². The standard InChI is InChI=1S/C19H17N7O3/c1-24-17-16(18(28)25(2)19(24)29)26(11-20-17)10-15(27)21-14-9-8-13(22-23-14)12-6-4-3-5-7-12/h3-9,11H,10H2,1-2H3,(H,21,23,27)/p+1. The third-order valence-electron chi connectivity index (χ3n) is 4.64. The lowest BCUT2D eigenvalue weighted by atomic mass is 10.1. The SMILES string of the molecule is CN1C(=O)c2c(ncn2CC(=O)Nc2ccc(-c3ccccc3)nn2)[NH+](C)C1=O. The van der Waals surface area contributed by atoms with E-state index in [0.29, 0.717) is 22.2 Å². The van der Waals surface area contributed by atoms with Crippen molar-refractivity contribution in [2.24, 2.45) is 0 Å². The Bertz CT molecular complexity index is 1090. The fraction of sp³-hybridized carbons (Fsp3) is 0.158. The zero-order valence-corrected chi connectivity index (χ0v) is 15.8. The summed E-state index contributed by atoms with van der Waals surface area (Å²) in [5, 5.41) is 10.8. The van der Waals surface area contributed by atoms with Crippen LogP contribution < -0.4 is 10.2 Å². The van der Waals surface area contributed by atoms with Gasteiger partial charge >= 0.3 is 6.03 Å². The van der Waals surface area contributed by atoms with Gasteiger partial charge in [-0.15, -0.1) is 10.2 Å². The largest absolute Gasteiger partial charge is 0.430 e. The minimum Gasteiger partial charge on any atom is -0.312 e. The highest BCUT2D eigenvalue weighted by atomic mass is 16.2. The predicted molar refractivity (Wildman–Crippen MR) is 102 cm³/mol. The molecule has 1 aliphatic heterocycles. The molecule has 10 heteroatoms. The fourth-order valence-corrected chi connectivity index (χ4v) is 3.10. The van der Waals surface area contributed by atoms with E-state index in [2.05, 4.69) is 20.5 Å². The smallest absolute Gasteiger partial charge is 0.312 e. The number of rotatable bonds is 4. The Labute approximate surface area is 165 Å². The normalized spacial score (nSPS) is 15.9. The summed E-state index contributed by atoms with van der Waals surface area (Å²) in [4.78, 5) is 42.4. The second kappa shape index (κ2) is 7.24. The lowest BCUT2D eigenvalue weighted by Crippen LogP contribution is -3.10. The highest BCUT2D eigenvalue weighted by Crippen LogP contribution is 2.18. The summed E-state index contributed by atoms with van der Waals surface area (Å²) in [5.41, 5.74) is 1.83. The van der Waals surface area contributed by atoms with Crippen molar-refractivity contribution in [1.29, 1.82) is 0 Å². The summed E-state index contributed by atoms with van der Waals surface area (Å²) in [6.45, 7) is -0.147. The van der Waals surface area contributed by atoms with E-state index in [1.54, 1.807) is 19.2 Å². The quantitative estimate of drug-likeness (QED) is 0.661. The minimum absolute atomic E-state index is 0.147. The van der Waals surface area contributed by atoms with E-state index < -0.39 is 17.8 Å². The number of anilines is 1. The molecule has 0 fully saturated rings. The molecule has 1 atom stereocenters. The number of nitrogens with one attached hydrogen (secondary N) is 2. The molecule has 4 amide bonds. The van der Waals surface area contributed by atoms with E-state index in [1.165, 1.54) is 17.9 Å². The fourth-order valence-electron chi connectivity index (χ4n) is 3.10. The van der Waals surface area contributed by atoms with Crippen LogP contribution in [-0.4, -0.2) is 56.6 Å². The van der Waals surface area contributed by atoms with Crippen molar-refractivity contribution in [1.82, 2.24) is 24.6 Å².